The molecule has 3 N–H and O–H groups in total. The standard InChI is InChI=1S/C13H13ClFN3O3/c14-12-11(6-17-18-13(12)20)16-5-9(19)7-21-10-3-1-8(15)2-4-10/h1-4,6,9,19H,5,7H2,(H2,16,18,20). The Hall–Kier alpha value is -2.12. The van der Waals surface area contributed by atoms with Crippen LogP contribution in [0.5, 0.6) is 5.75 Å². The molecule has 2 aromatic rings. The highest BCUT2D eigenvalue weighted by molar-refractivity contribution is 6.32. The Morgan fingerprint density at radius 1 is 1.43 bits per heavy atom. The Bertz CT molecular complexity index is 648. The summed E-state index contributed by atoms with van der Waals surface area (Å²) in [4.78, 5) is 11.2. The molecule has 1 heterocycles. The molecule has 0 saturated heterocycles. The largest absolute Gasteiger partial charge is 0.491 e. The summed E-state index contributed by atoms with van der Waals surface area (Å²) in [5.41, 5.74) is -0.194. The van der Waals surface area contributed by atoms with Crippen molar-refractivity contribution in [1.82, 2.24) is 10.2 Å². The summed E-state index contributed by atoms with van der Waals surface area (Å²) in [6.45, 7) is 0.124. The first kappa shape index (κ1) is 15.3. The van der Waals surface area contributed by atoms with Crippen LogP contribution >= 0.6 is 11.6 Å². The summed E-state index contributed by atoms with van der Waals surface area (Å²) in [5, 5.41) is 18.3. The molecule has 1 atom stereocenters. The predicted octanol–water partition coefficient (Wildman–Crippen LogP) is 1.41. The number of aliphatic hydroxyl groups is 1. The van der Waals surface area contributed by atoms with Gasteiger partial charge in [0.15, 0.2) is 0 Å². The maximum absolute atomic E-state index is 12.7. The number of aromatic nitrogens is 2. The van der Waals surface area contributed by atoms with Crippen LogP contribution in [0.15, 0.2) is 35.3 Å². The molecular formula is C13H13ClFN3O3. The molecule has 0 aliphatic carbocycles. The molecule has 1 aromatic heterocycles. The van der Waals surface area contributed by atoms with Crippen molar-refractivity contribution >= 4 is 17.3 Å². The highest BCUT2D eigenvalue weighted by atomic mass is 35.5. The molecule has 0 radical (unpaired) electrons. The van der Waals surface area contributed by atoms with Gasteiger partial charge in [-0.25, -0.2) is 9.49 Å². The zero-order chi connectivity index (χ0) is 15.2. The van der Waals surface area contributed by atoms with Crippen molar-refractivity contribution in [3.63, 3.8) is 0 Å². The fourth-order valence-electron chi connectivity index (χ4n) is 1.52. The van der Waals surface area contributed by atoms with Crippen LogP contribution in [0.25, 0.3) is 0 Å². The summed E-state index contributed by atoms with van der Waals surface area (Å²) >= 11 is 5.77. The second kappa shape index (κ2) is 7.05. The van der Waals surface area contributed by atoms with Crippen LogP contribution in [0, 0.1) is 5.82 Å². The van der Waals surface area contributed by atoms with Crippen molar-refractivity contribution in [2.24, 2.45) is 0 Å². The number of H-pyrrole nitrogens is 1. The first-order valence-electron chi connectivity index (χ1n) is 6.09. The van der Waals surface area contributed by atoms with Crippen molar-refractivity contribution < 1.29 is 14.2 Å². The molecule has 2 rings (SSSR count). The fourth-order valence-corrected chi connectivity index (χ4v) is 1.67. The van der Waals surface area contributed by atoms with Gasteiger partial charge in [0.2, 0.25) is 0 Å². The van der Waals surface area contributed by atoms with Gasteiger partial charge in [0.25, 0.3) is 5.56 Å². The summed E-state index contributed by atoms with van der Waals surface area (Å²) in [5.74, 6) is 0.0901. The number of benzene rings is 1. The van der Waals surface area contributed by atoms with E-state index in [1.807, 2.05) is 0 Å². The number of halogens is 2. The van der Waals surface area contributed by atoms with Crippen molar-refractivity contribution in [3.8, 4) is 5.75 Å². The van der Waals surface area contributed by atoms with Gasteiger partial charge in [-0.15, -0.1) is 0 Å². The van der Waals surface area contributed by atoms with Crippen molar-refractivity contribution in [3.05, 3.63) is 51.7 Å². The monoisotopic (exact) mass is 313 g/mol. The minimum absolute atomic E-state index is 0.00682. The third-order valence-corrected chi connectivity index (χ3v) is 2.95. The van der Waals surface area contributed by atoms with Crippen LogP contribution in [-0.4, -0.2) is 34.6 Å². The number of ether oxygens (including phenoxy) is 1. The van der Waals surface area contributed by atoms with Gasteiger partial charge in [-0.05, 0) is 24.3 Å². The summed E-state index contributed by atoms with van der Waals surface area (Å²) < 4.78 is 18.0. The Balaban J connectivity index is 1.82. The third-order valence-electron chi connectivity index (χ3n) is 2.58. The SMILES string of the molecule is O=c1[nH]ncc(NCC(O)COc2ccc(F)cc2)c1Cl. The molecular weight excluding hydrogens is 301 g/mol. The number of aromatic amines is 1. The molecule has 0 fully saturated rings. The van der Waals surface area contributed by atoms with Gasteiger partial charge in [-0.2, -0.15) is 5.10 Å². The second-order valence-corrected chi connectivity index (χ2v) is 4.60. The Labute approximate surface area is 124 Å². The fraction of sp³-hybridized carbons (Fsp3) is 0.231. The molecule has 1 aromatic carbocycles. The molecule has 0 aliphatic heterocycles. The van der Waals surface area contributed by atoms with Gasteiger partial charge in [-0.3, -0.25) is 4.79 Å². The molecule has 8 heteroatoms. The van der Waals surface area contributed by atoms with Crippen molar-refractivity contribution in [1.29, 1.82) is 0 Å². The average molecular weight is 314 g/mol. The number of rotatable bonds is 6. The molecule has 1 unspecified atom stereocenters. The van der Waals surface area contributed by atoms with E-state index in [4.69, 9.17) is 16.3 Å². The van der Waals surface area contributed by atoms with E-state index in [0.29, 0.717) is 11.4 Å². The maximum atomic E-state index is 12.7. The van der Waals surface area contributed by atoms with E-state index in [1.54, 1.807) is 0 Å². The minimum Gasteiger partial charge on any atom is -0.491 e. The lowest BCUT2D eigenvalue weighted by atomic mass is 10.3. The number of hydrogen-bond acceptors (Lipinski definition) is 5. The maximum Gasteiger partial charge on any atom is 0.285 e. The van der Waals surface area contributed by atoms with E-state index in [9.17, 15) is 14.3 Å². The molecule has 21 heavy (non-hydrogen) atoms. The van der Waals surface area contributed by atoms with E-state index in [2.05, 4.69) is 15.5 Å². The second-order valence-electron chi connectivity index (χ2n) is 4.23. The Morgan fingerprint density at radius 2 is 2.14 bits per heavy atom. The number of hydrogen-bond donors (Lipinski definition) is 3. The van der Waals surface area contributed by atoms with Gasteiger partial charge in [0, 0.05) is 6.54 Å². The van der Waals surface area contributed by atoms with E-state index in [0.717, 1.165) is 0 Å². The molecule has 0 saturated carbocycles. The van der Waals surface area contributed by atoms with E-state index in [1.165, 1.54) is 30.5 Å². The average Bonchev–Trinajstić information content (AvgIpc) is 2.48. The van der Waals surface area contributed by atoms with Crippen molar-refractivity contribution in [2.45, 2.75) is 6.10 Å². The van der Waals surface area contributed by atoms with Crippen molar-refractivity contribution in [2.75, 3.05) is 18.5 Å². The zero-order valence-electron chi connectivity index (χ0n) is 10.8. The molecule has 6 nitrogen and oxygen atoms in total. The summed E-state index contributed by atoms with van der Waals surface area (Å²) in [7, 11) is 0. The van der Waals surface area contributed by atoms with Crippen LogP contribution in [0.1, 0.15) is 0 Å². The van der Waals surface area contributed by atoms with E-state index in [-0.39, 0.29) is 24.0 Å². The first-order valence-corrected chi connectivity index (χ1v) is 6.47. The number of aliphatic hydroxyl groups excluding tert-OH is 1. The van der Waals surface area contributed by atoms with Crippen LogP contribution in [0.2, 0.25) is 5.02 Å². The predicted molar refractivity (Wildman–Crippen MR) is 76.3 cm³/mol. The molecule has 0 bridgehead atoms. The van der Waals surface area contributed by atoms with Crippen LogP contribution in [0.4, 0.5) is 10.1 Å². The normalized spacial score (nSPS) is 12.0. The molecule has 112 valence electrons. The smallest absolute Gasteiger partial charge is 0.285 e. The highest BCUT2D eigenvalue weighted by Crippen LogP contribution is 2.14. The quantitative estimate of drug-likeness (QED) is 0.750. The van der Waals surface area contributed by atoms with Gasteiger partial charge < -0.3 is 15.2 Å². The van der Waals surface area contributed by atoms with Gasteiger partial charge >= 0.3 is 0 Å². The number of anilines is 1. The lowest BCUT2D eigenvalue weighted by Crippen LogP contribution is -2.27. The lowest BCUT2D eigenvalue weighted by molar-refractivity contribution is 0.117. The molecule has 0 amide bonds. The van der Waals surface area contributed by atoms with Crippen LogP contribution < -0.4 is 15.6 Å². The van der Waals surface area contributed by atoms with E-state index < -0.39 is 11.7 Å². The van der Waals surface area contributed by atoms with Crippen LogP contribution in [-0.2, 0) is 0 Å². The molecule has 0 spiro atoms. The van der Waals surface area contributed by atoms with Gasteiger partial charge in [0.1, 0.15) is 29.3 Å². The van der Waals surface area contributed by atoms with E-state index >= 15 is 0 Å². The molecule has 0 aliphatic rings. The van der Waals surface area contributed by atoms with Crippen LogP contribution in [0.3, 0.4) is 0 Å². The Kier molecular flexibility index (Phi) is 5.13. The zero-order valence-corrected chi connectivity index (χ0v) is 11.6. The topological polar surface area (TPSA) is 87.2 Å². The first-order chi connectivity index (χ1) is 10.1. The summed E-state index contributed by atoms with van der Waals surface area (Å²) in [6.07, 6.45) is 0.502. The van der Waals surface area contributed by atoms with Gasteiger partial charge in [-0.1, -0.05) is 11.6 Å². The highest BCUT2D eigenvalue weighted by Gasteiger charge is 2.09. The third kappa shape index (κ3) is 4.44. The Morgan fingerprint density at radius 3 is 2.86 bits per heavy atom. The number of nitrogens with one attached hydrogen (secondary N) is 2. The number of nitrogens with zero attached hydrogens (tertiary/aromatic N) is 1. The minimum atomic E-state index is -0.842. The lowest BCUT2D eigenvalue weighted by Gasteiger charge is -2.14. The van der Waals surface area contributed by atoms with Gasteiger partial charge in [0.05, 0.1) is 11.9 Å². The summed E-state index contributed by atoms with van der Waals surface area (Å²) in [6, 6.07) is 5.46.